The van der Waals surface area contributed by atoms with E-state index in [4.69, 9.17) is 0 Å². The van der Waals surface area contributed by atoms with Gasteiger partial charge >= 0.3 is 12.4 Å². The van der Waals surface area contributed by atoms with Crippen molar-refractivity contribution in [2.75, 3.05) is 14.1 Å². The fourth-order valence-electron chi connectivity index (χ4n) is 0.795. The molecule has 0 saturated heterocycles. The quantitative estimate of drug-likeness (QED) is 0.615. The van der Waals surface area contributed by atoms with Gasteiger partial charge in [0.15, 0.2) is 5.57 Å². The summed E-state index contributed by atoms with van der Waals surface area (Å²) < 4.78 is 72.1. The maximum atomic E-state index is 12.0. The molecule has 0 aromatic rings. The van der Waals surface area contributed by atoms with Gasteiger partial charge in [-0.2, -0.15) is 26.3 Å². The molecule has 0 radical (unpaired) electrons. The van der Waals surface area contributed by atoms with Crippen molar-refractivity contribution in [2.24, 2.45) is 0 Å². The van der Waals surface area contributed by atoms with Crippen LogP contribution in [0.2, 0.25) is 0 Å². The zero-order valence-corrected chi connectivity index (χ0v) is 7.72. The third kappa shape index (κ3) is 3.12. The first-order valence-electron chi connectivity index (χ1n) is 3.50. The average Bonchev–Trinajstić information content (AvgIpc) is 1.79. The molecule has 1 nitrogen and oxygen atoms in total. The van der Waals surface area contributed by atoms with Crippen LogP contribution in [0.5, 0.6) is 0 Å². The van der Waals surface area contributed by atoms with Crippen molar-refractivity contribution in [1.29, 1.82) is 0 Å². The molecule has 0 rings (SSSR count). The number of nitrogens with zero attached hydrogens (tertiary/aromatic N) is 1. The molecule has 0 atom stereocenters. The van der Waals surface area contributed by atoms with Gasteiger partial charge in [-0.05, 0) is 6.92 Å². The molecule has 0 bridgehead atoms. The van der Waals surface area contributed by atoms with Crippen LogP contribution in [0.25, 0.3) is 0 Å². The molecule has 0 aliphatic carbocycles. The molecule has 0 spiro atoms. The molecule has 0 unspecified atom stereocenters. The lowest BCUT2D eigenvalue weighted by atomic mass is 10.2. The zero-order valence-electron chi connectivity index (χ0n) is 7.72. The van der Waals surface area contributed by atoms with E-state index in [0.717, 1.165) is 25.9 Å². The molecule has 0 amide bonds. The third-order valence-corrected chi connectivity index (χ3v) is 1.60. The Kier molecular flexibility index (Phi) is 3.47. The SMILES string of the molecule is CC(=C(C(F)(F)F)C(F)(F)F)N(C)C. The molecule has 14 heavy (non-hydrogen) atoms. The van der Waals surface area contributed by atoms with Crippen LogP contribution in [0.1, 0.15) is 6.92 Å². The maximum Gasteiger partial charge on any atom is 0.422 e. The molecule has 0 heterocycles. The van der Waals surface area contributed by atoms with E-state index in [9.17, 15) is 26.3 Å². The van der Waals surface area contributed by atoms with Crippen LogP contribution in [-0.4, -0.2) is 31.3 Å². The molecule has 0 fully saturated rings. The van der Waals surface area contributed by atoms with E-state index in [0.29, 0.717) is 0 Å². The number of allylic oxidation sites excluding steroid dienone is 2. The normalized spacial score (nSPS) is 12.6. The monoisotopic (exact) mass is 221 g/mol. The Bertz CT molecular complexity index is 218. The van der Waals surface area contributed by atoms with Crippen molar-refractivity contribution in [2.45, 2.75) is 19.3 Å². The van der Waals surface area contributed by atoms with Crippen molar-refractivity contribution in [3.05, 3.63) is 11.3 Å². The van der Waals surface area contributed by atoms with Gasteiger partial charge in [-0.25, -0.2) is 0 Å². The summed E-state index contributed by atoms with van der Waals surface area (Å²) in [6.45, 7) is 0.774. The molecule has 0 aliphatic rings. The van der Waals surface area contributed by atoms with Gasteiger partial charge in [0.25, 0.3) is 0 Å². The van der Waals surface area contributed by atoms with Crippen LogP contribution in [0.3, 0.4) is 0 Å². The van der Waals surface area contributed by atoms with Crippen molar-refractivity contribution < 1.29 is 26.3 Å². The Labute approximate surface area is 77.0 Å². The van der Waals surface area contributed by atoms with Crippen LogP contribution >= 0.6 is 0 Å². The lowest BCUT2D eigenvalue weighted by molar-refractivity contribution is -0.174. The summed E-state index contributed by atoms with van der Waals surface area (Å²) in [5.41, 5.74) is -3.32. The molecule has 0 N–H and O–H groups in total. The van der Waals surface area contributed by atoms with Gasteiger partial charge in [0.05, 0.1) is 0 Å². The molecule has 84 valence electrons. The van der Waals surface area contributed by atoms with Crippen molar-refractivity contribution in [1.82, 2.24) is 4.90 Å². The van der Waals surface area contributed by atoms with Crippen LogP contribution < -0.4 is 0 Å². The first kappa shape index (κ1) is 13.1. The fraction of sp³-hybridized carbons (Fsp3) is 0.714. The van der Waals surface area contributed by atoms with Gasteiger partial charge in [0.2, 0.25) is 0 Å². The zero-order chi connectivity index (χ0) is 11.7. The minimum absolute atomic E-state index is 0.774. The highest BCUT2D eigenvalue weighted by Gasteiger charge is 2.52. The summed E-state index contributed by atoms with van der Waals surface area (Å²) in [5.74, 6) is 0. The Balaban J connectivity index is 5.46. The van der Waals surface area contributed by atoms with E-state index < -0.39 is 23.6 Å². The number of hydrogen-bond donors (Lipinski definition) is 0. The highest BCUT2D eigenvalue weighted by molar-refractivity contribution is 5.21. The van der Waals surface area contributed by atoms with E-state index >= 15 is 0 Å². The standard InChI is InChI=1S/C7H9F6N/c1-4(14(2)3)5(6(8,9)10)7(11,12)13/h1-3H3. The minimum Gasteiger partial charge on any atom is -0.381 e. The highest BCUT2D eigenvalue weighted by atomic mass is 19.4. The number of halogens is 6. The predicted octanol–water partition coefficient (Wildman–Crippen LogP) is 2.95. The number of rotatable bonds is 1. The number of hydrogen-bond acceptors (Lipinski definition) is 1. The summed E-state index contributed by atoms with van der Waals surface area (Å²) in [6, 6.07) is 0. The highest BCUT2D eigenvalue weighted by Crippen LogP contribution is 2.40. The maximum absolute atomic E-state index is 12.0. The fourth-order valence-corrected chi connectivity index (χ4v) is 0.795. The van der Waals surface area contributed by atoms with Crippen LogP contribution in [-0.2, 0) is 0 Å². The summed E-state index contributed by atoms with van der Waals surface area (Å²) >= 11 is 0. The predicted molar refractivity (Wildman–Crippen MR) is 38.5 cm³/mol. The van der Waals surface area contributed by atoms with Gasteiger partial charge in [-0.1, -0.05) is 0 Å². The smallest absolute Gasteiger partial charge is 0.381 e. The van der Waals surface area contributed by atoms with E-state index in [2.05, 4.69) is 0 Å². The molecule has 0 saturated carbocycles. The number of alkyl halides is 6. The van der Waals surface area contributed by atoms with Crippen molar-refractivity contribution in [3.63, 3.8) is 0 Å². The van der Waals surface area contributed by atoms with E-state index in [1.165, 1.54) is 0 Å². The molecular weight excluding hydrogens is 212 g/mol. The largest absolute Gasteiger partial charge is 0.422 e. The van der Waals surface area contributed by atoms with Crippen LogP contribution in [0.4, 0.5) is 26.3 Å². The van der Waals surface area contributed by atoms with Crippen LogP contribution in [0.15, 0.2) is 11.3 Å². The Hall–Kier alpha value is -0.880. The van der Waals surface area contributed by atoms with Crippen LogP contribution in [0, 0.1) is 0 Å². The Morgan fingerprint density at radius 3 is 1.21 bits per heavy atom. The topological polar surface area (TPSA) is 3.24 Å². The molecule has 0 aromatic carbocycles. The second-order valence-electron chi connectivity index (χ2n) is 2.85. The van der Waals surface area contributed by atoms with Gasteiger partial charge in [-0.15, -0.1) is 0 Å². The molecule has 0 aromatic heterocycles. The molecule has 0 aliphatic heterocycles. The first-order valence-corrected chi connectivity index (χ1v) is 3.50. The van der Waals surface area contributed by atoms with E-state index in [1.54, 1.807) is 0 Å². The minimum atomic E-state index is -5.38. The Morgan fingerprint density at radius 2 is 1.14 bits per heavy atom. The van der Waals surface area contributed by atoms with Gasteiger partial charge < -0.3 is 4.90 Å². The summed E-state index contributed by atoms with van der Waals surface area (Å²) in [4.78, 5) is 0.774. The third-order valence-electron chi connectivity index (χ3n) is 1.60. The van der Waals surface area contributed by atoms with Gasteiger partial charge in [0, 0.05) is 19.8 Å². The summed E-state index contributed by atoms with van der Waals surface area (Å²) in [5, 5.41) is 0. The molecular formula is C7H9F6N. The summed E-state index contributed by atoms with van der Waals surface area (Å²) in [7, 11) is 2.24. The van der Waals surface area contributed by atoms with Gasteiger partial charge in [0.1, 0.15) is 0 Å². The lowest BCUT2D eigenvalue weighted by Gasteiger charge is -2.22. The summed E-state index contributed by atoms with van der Waals surface area (Å²) in [6.07, 6.45) is -10.8. The van der Waals surface area contributed by atoms with Gasteiger partial charge in [-0.3, -0.25) is 0 Å². The second-order valence-corrected chi connectivity index (χ2v) is 2.85. The average molecular weight is 221 g/mol. The lowest BCUT2D eigenvalue weighted by Crippen LogP contribution is -2.30. The molecule has 7 heteroatoms. The Morgan fingerprint density at radius 1 is 0.857 bits per heavy atom. The first-order chi connectivity index (χ1) is 5.98. The van der Waals surface area contributed by atoms with Crippen molar-refractivity contribution in [3.8, 4) is 0 Å². The van der Waals surface area contributed by atoms with Crippen molar-refractivity contribution >= 4 is 0 Å². The second kappa shape index (κ2) is 3.70. The van der Waals surface area contributed by atoms with E-state index in [1.807, 2.05) is 0 Å². The van der Waals surface area contributed by atoms with E-state index in [-0.39, 0.29) is 0 Å².